The van der Waals surface area contributed by atoms with Crippen molar-refractivity contribution in [2.45, 2.75) is 11.8 Å². The number of aromatic nitrogens is 1. The molecule has 3 nitrogen and oxygen atoms in total. The van der Waals surface area contributed by atoms with Gasteiger partial charge in [0.1, 0.15) is 11.5 Å². The molecule has 1 heterocycles. The number of carbonyl (C=O) groups excluding carboxylic acids is 1. The van der Waals surface area contributed by atoms with E-state index in [0.29, 0.717) is 0 Å². The molecule has 0 amide bonds. The van der Waals surface area contributed by atoms with Gasteiger partial charge in [-0.2, -0.15) is 0 Å². The summed E-state index contributed by atoms with van der Waals surface area (Å²) in [5, 5.41) is -0.104. The Morgan fingerprint density at radius 1 is 1.62 bits per heavy atom. The zero-order chi connectivity index (χ0) is 12.3. The first-order valence-corrected chi connectivity index (χ1v) is 5.25. The molecule has 0 saturated carbocycles. The number of hydrogen-bond donors (Lipinski definition) is 0. The highest BCUT2D eigenvalue weighted by atomic mass is 79.9. The first kappa shape index (κ1) is 13.0. The van der Waals surface area contributed by atoms with Crippen LogP contribution in [-0.4, -0.2) is 18.1 Å². The number of alkyl halides is 3. The molecule has 0 atom stereocenters. The molecule has 7 heteroatoms. The number of ether oxygens (including phenoxy) is 1. The Morgan fingerprint density at radius 3 is 2.69 bits per heavy atom. The summed E-state index contributed by atoms with van der Waals surface area (Å²) in [6, 6.07) is 0.772. The molecule has 0 fully saturated rings. The molecule has 0 spiro atoms. The van der Waals surface area contributed by atoms with Gasteiger partial charge in [0, 0.05) is 17.0 Å². The fourth-order valence-corrected chi connectivity index (χ4v) is 1.64. The van der Waals surface area contributed by atoms with Gasteiger partial charge in [0.15, 0.2) is 5.69 Å². The lowest BCUT2D eigenvalue weighted by molar-refractivity contribution is 0.0591. The maximum Gasteiger partial charge on any atom is 0.356 e. The van der Waals surface area contributed by atoms with Crippen molar-refractivity contribution in [3.05, 3.63) is 28.8 Å². The Kier molecular flexibility index (Phi) is 4.28. The molecule has 0 bridgehead atoms. The van der Waals surface area contributed by atoms with Crippen LogP contribution in [0.1, 0.15) is 28.2 Å². The molecule has 0 N–H and O–H groups in total. The molecule has 16 heavy (non-hydrogen) atoms. The number of methoxy groups -OCH3 is 1. The number of nitrogens with zero attached hydrogens (tertiary/aromatic N) is 1. The molecule has 0 aliphatic heterocycles. The molecule has 0 saturated heterocycles. The summed E-state index contributed by atoms with van der Waals surface area (Å²) in [6.45, 7) is 0. The van der Waals surface area contributed by atoms with E-state index in [2.05, 4.69) is 25.7 Å². The predicted octanol–water partition coefficient (Wildman–Crippen LogP) is 2.84. The van der Waals surface area contributed by atoms with Crippen molar-refractivity contribution < 1.29 is 22.7 Å². The minimum absolute atomic E-state index is 0.104. The summed E-state index contributed by atoms with van der Waals surface area (Å²) in [5.41, 5.74) is -1.49. The summed E-state index contributed by atoms with van der Waals surface area (Å²) >= 11 is 2.88. The lowest BCUT2D eigenvalue weighted by atomic mass is 10.2. The zero-order valence-electron chi connectivity index (χ0n) is 8.14. The van der Waals surface area contributed by atoms with Gasteiger partial charge in [0.2, 0.25) is 0 Å². The second-order valence-electron chi connectivity index (χ2n) is 2.78. The van der Waals surface area contributed by atoms with Gasteiger partial charge in [-0.25, -0.2) is 22.9 Å². The van der Waals surface area contributed by atoms with E-state index in [0.717, 1.165) is 13.2 Å². The number of esters is 1. The Balaban J connectivity index is 3.33. The lowest BCUT2D eigenvalue weighted by Gasteiger charge is -2.08. The van der Waals surface area contributed by atoms with Crippen molar-refractivity contribution in [3.63, 3.8) is 0 Å². The summed E-state index contributed by atoms with van der Waals surface area (Å²) in [4.78, 5) is 14.4. The molecule has 0 aliphatic carbocycles. The van der Waals surface area contributed by atoms with Crippen LogP contribution < -0.4 is 0 Å². The molecular weight excluding hydrogens is 291 g/mol. The molecule has 88 valence electrons. The number of hydrogen-bond acceptors (Lipinski definition) is 3. The molecule has 0 aliphatic rings. The molecule has 1 aromatic heterocycles. The number of rotatable bonds is 3. The number of halogens is 4. The van der Waals surface area contributed by atoms with Crippen molar-refractivity contribution >= 4 is 21.9 Å². The van der Waals surface area contributed by atoms with Crippen LogP contribution in [0.5, 0.6) is 0 Å². The van der Waals surface area contributed by atoms with Gasteiger partial charge >= 0.3 is 5.97 Å². The fourth-order valence-electron chi connectivity index (χ4n) is 1.08. The van der Waals surface area contributed by atoms with Crippen LogP contribution in [0.15, 0.2) is 6.07 Å². The van der Waals surface area contributed by atoms with E-state index in [4.69, 9.17) is 0 Å². The Bertz CT molecular complexity index is 412. The molecule has 0 aromatic carbocycles. The van der Waals surface area contributed by atoms with Crippen molar-refractivity contribution in [2.75, 3.05) is 7.11 Å². The summed E-state index contributed by atoms with van der Waals surface area (Å²) in [7, 11) is 1.06. The van der Waals surface area contributed by atoms with E-state index < -0.39 is 29.6 Å². The quantitative estimate of drug-likeness (QED) is 0.636. The van der Waals surface area contributed by atoms with Crippen molar-refractivity contribution in [1.82, 2.24) is 4.98 Å². The molecule has 1 aromatic rings. The van der Waals surface area contributed by atoms with Crippen LogP contribution in [0.3, 0.4) is 0 Å². The molecule has 0 radical (unpaired) electrons. The topological polar surface area (TPSA) is 39.2 Å². The van der Waals surface area contributed by atoms with Crippen molar-refractivity contribution in [1.29, 1.82) is 0 Å². The van der Waals surface area contributed by atoms with Crippen LogP contribution in [0.2, 0.25) is 0 Å². The number of pyridine rings is 1. The van der Waals surface area contributed by atoms with Crippen LogP contribution in [0, 0.1) is 5.82 Å². The third kappa shape index (κ3) is 2.52. The van der Waals surface area contributed by atoms with E-state index in [1.807, 2.05) is 0 Å². The van der Waals surface area contributed by atoms with Crippen molar-refractivity contribution in [3.8, 4) is 0 Å². The molecule has 0 unspecified atom stereocenters. The summed E-state index contributed by atoms with van der Waals surface area (Å²) < 4.78 is 42.7. The normalized spacial score (nSPS) is 10.6. The largest absolute Gasteiger partial charge is 0.464 e. The minimum atomic E-state index is -2.95. The van der Waals surface area contributed by atoms with Crippen molar-refractivity contribution in [2.24, 2.45) is 0 Å². The van der Waals surface area contributed by atoms with Crippen LogP contribution in [-0.2, 0) is 10.1 Å². The third-order valence-electron chi connectivity index (χ3n) is 1.84. The minimum Gasteiger partial charge on any atom is -0.464 e. The summed E-state index contributed by atoms with van der Waals surface area (Å²) in [5.74, 6) is -1.87. The number of carbonyl (C=O) groups is 1. The van der Waals surface area contributed by atoms with Gasteiger partial charge < -0.3 is 4.74 Å². The Labute approximate surface area is 97.8 Å². The van der Waals surface area contributed by atoms with E-state index in [1.165, 1.54) is 0 Å². The first-order valence-electron chi connectivity index (χ1n) is 4.13. The lowest BCUT2D eigenvalue weighted by Crippen LogP contribution is -2.10. The van der Waals surface area contributed by atoms with E-state index in [9.17, 15) is 18.0 Å². The standard InChI is InChI=1S/C9H7BrF3NO2/c1-16-9(15)6-2-5(11)4(3-10)7(14-6)8(12)13/h2,8H,3H2,1H3. The first-order chi connectivity index (χ1) is 7.51. The zero-order valence-corrected chi connectivity index (χ0v) is 9.72. The van der Waals surface area contributed by atoms with Gasteiger partial charge in [-0.15, -0.1) is 0 Å². The smallest absolute Gasteiger partial charge is 0.356 e. The van der Waals surface area contributed by atoms with Crippen LogP contribution >= 0.6 is 15.9 Å². The maximum absolute atomic E-state index is 13.4. The highest BCUT2D eigenvalue weighted by molar-refractivity contribution is 9.08. The van der Waals surface area contributed by atoms with E-state index in [-0.39, 0.29) is 10.9 Å². The summed E-state index contributed by atoms with van der Waals surface area (Å²) in [6.07, 6.45) is -2.95. The third-order valence-corrected chi connectivity index (χ3v) is 2.40. The fraction of sp³-hybridized carbons (Fsp3) is 0.333. The van der Waals surface area contributed by atoms with E-state index in [1.54, 1.807) is 0 Å². The molecule has 1 rings (SSSR count). The second-order valence-corrected chi connectivity index (χ2v) is 3.34. The second kappa shape index (κ2) is 5.29. The van der Waals surface area contributed by atoms with Gasteiger partial charge in [-0.3, -0.25) is 0 Å². The Hall–Kier alpha value is -1.11. The highest BCUT2D eigenvalue weighted by Gasteiger charge is 2.21. The van der Waals surface area contributed by atoms with Gasteiger partial charge in [-0.05, 0) is 0 Å². The SMILES string of the molecule is COC(=O)c1cc(F)c(CBr)c(C(F)F)n1. The predicted molar refractivity (Wildman–Crippen MR) is 53.1 cm³/mol. The van der Waals surface area contributed by atoms with E-state index >= 15 is 0 Å². The highest BCUT2D eigenvalue weighted by Crippen LogP contribution is 2.25. The van der Waals surface area contributed by atoms with Crippen LogP contribution in [0.25, 0.3) is 0 Å². The van der Waals surface area contributed by atoms with Gasteiger partial charge in [0.25, 0.3) is 6.43 Å². The van der Waals surface area contributed by atoms with Gasteiger partial charge in [-0.1, -0.05) is 15.9 Å². The van der Waals surface area contributed by atoms with Gasteiger partial charge in [0.05, 0.1) is 7.11 Å². The maximum atomic E-state index is 13.4. The molecular formula is C9H7BrF3NO2. The Morgan fingerprint density at radius 2 is 2.25 bits per heavy atom. The van der Waals surface area contributed by atoms with Crippen LogP contribution in [0.4, 0.5) is 13.2 Å². The average molecular weight is 298 g/mol. The monoisotopic (exact) mass is 297 g/mol. The average Bonchev–Trinajstić information content (AvgIpc) is 2.26.